The molecule has 4 atom stereocenters. The van der Waals surface area contributed by atoms with E-state index in [1.807, 2.05) is 25.2 Å². The number of alkyl halides is 2. The molecule has 1 aliphatic carbocycles. The summed E-state index contributed by atoms with van der Waals surface area (Å²) in [6.45, 7) is 8.34. The van der Waals surface area contributed by atoms with Gasteiger partial charge in [0.15, 0.2) is 11.5 Å². The van der Waals surface area contributed by atoms with Crippen molar-refractivity contribution in [1.82, 2.24) is 34.0 Å². The fourth-order valence-corrected chi connectivity index (χ4v) is 7.17. The van der Waals surface area contributed by atoms with Crippen LogP contribution >= 0.6 is 0 Å². The van der Waals surface area contributed by atoms with Crippen LogP contribution in [0.3, 0.4) is 0 Å². The molecule has 7 rings (SSSR count). The van der Waals surface area contributed by atoms with Gasteiger partial charge in [0.25, 0.3) is 5.78 Å². The molecule has 0 radical (unpaired) electrons. The van der Waals surface area contributed by atoms with Crippen molar-refractivity contribution in [2.75, 3.05) is 24.6 Å². The highest BCUT2D eigenvalue weighted by molar-refractivity contribution is 5.87. The quantitative estimate of drug-likeness (QED) is 0.297. The molecule has 0 bridgehead atoms. The third-order valence-electron chi connectivity index (χ3n) is 9.23. The summed E-state index contributed by atoms with van der Waals surface area (Å²) in [7, 11) is 0. The fourth-order valence-electron chi connectivity index (χ4n) is 7.17. The highest BCUT2D eigenvalue weighted by atomic mass is 19.3. The molecule has 3 aliphatic rings. The standard InChI is InChI=1S/C29H34F4N8O/c1-16-13-39(17(2)12-38(16)25(19-10-29(32,33)11-19)22-9-20(30)6-7-23(22)31)26-24-27(41-15-34-37-28(41)36-26)40(18(3)35-24)14-21-5-4-8-42-21/h6-7,9,15-17,19,21,25H,4-5,8,10-14H2,1-3H3/t16-,17+,21+,25?/m1/s1. The molecule has 13 heteroatoms. The van der Waals surface area contributed by atoms with Crippen molar-refractivity contribution in [3.05, 3.63) is 47.5 Å². The molecule has 5 heterocycles. The van der Waals surface area contributed by atoms with Crippen LogP contribution in [0.25, 0.3) is 16.9 Å². The molecule has 4 aromatic rings. The number of benzene rings is 1. The zero-order chi connectivity index (χ0) is 29.3. The lowest BCUT2D eigenvalue weighted by molar-refractivity contribution is -0.137. The summed E-state index contributed by atoms with van der Waals surface area (Å²) in [5.74, 6) is -2.47. The highest BCUT2D eigenvalue weighted by Crippen LogP contribution is 2.51. The van der Waals surface area contributed by atoms with E-state index in [0.29, 0.717) is 31.2 Å². The van der Waals surface area contributed by atoms with E-state index in [2.05, 4.69) is 24.6 Å². The van der Waals surface area contributed by atoms with Crippen LogP contribution in [0.1, 0.15) is 57.0 Å². The van der Waals surface area contributed by atoms with E-state index in [0.717, 1.165) is 54.6 Å². The van der Waals surface area contributed by atoms with Gasteiger partial charge in [0, 0.05) is 56.2 Å². The summed E-state index contributed by atoms with van der Waals surface area (Å²) in [6.07, 6.45) is 3.07. The molecule has 9 nitrogen and oxygen atoms in total. The Morgan fingerprint density at radius 1 is 1.10 bits per heavy atom. The lowest BCUT2D eigenvalue weighted by atomic mass is 9.73. The van der Waals surface area contributed by atoms with Gasteiger partial charge in [0.05, 0.1) is 12.6 Å². The molecule has 42 heavy (non-hydrogen) atoms. The predicted octanol–water partition coefficient (Wildman–Crippen LogP) is 4.93. The van der Waals surface area contributed by atoms with Crippen molar-refractivity contribution in [2.24, 2.45) is 5.92 Å². The Hall–Kier alpha value is -3.32. The first kappa shape index (κ1) is 27.5. The number of aromatic nitrogens is 6. The van der Waals surface area contributed by atoms with Crippen molar-refractivity contribution in [3.8, 4) is 0 Å². The summed E-state index contributed by atoms with van der Waals surface area (Å²) < 4.78 is 67.4. The second-order valence-corrected chi connectivity index (χ2v) is 12.2. The van der Waals surface area contributed by atoms with Crippen molar-refractivity contribution in [2.45, 2.75) is 83.2 Å². The van der Waals surface area contributed by atoms with E-state index < -0.39 is 29.5 Å². The number of piperazine rings is 1. The van der Waals surface area contributed by atoms with Gasteiger partial charge in [0.2, 0.25) is 5.92 Å². The molecule has 1 saturated carbocycles. The van der Waals surface area contributed by atoms with Crippen LogP contribution in [0.15, 0.2) is 24.5 Å². The van der Waals surface area contributed by atoms with Crippen LogP contribution in [0.4, 0.5) is 23.4 Å². The Morgan fingerprint density at radius 2 is 1.90 bits per heavy atom. The average molecular weight is 587 g/mol. The number of ether oxygens (including phenoxy) is 1. The summed E-state index contributed by atoms with van der Waals surface area (Å²) in [5, 5.41) is 8.36. The number of hydrogen-bond donors (Lipinski definition) is 0. The monoisotopic (exact) mass is 586 g/mol. The largest absolute Gasteiger partial charge is 0.376 e. The average Bonchev–Trinajstić information content (AvgIpc) is 3.68. The Morgan fingerprint density at radius 3 is 2.64 bits per heavy atom. The topological polar surface area (TPSA) is 76.6 Å². The number of hydrogen-bond acceptors (Lipinski definition) is 7. The zero-order valence-electron chi connectivity index (χ0n) is 23.9. The zero-order valence-corrected chi connectivity index (χ0v) is 23.9. The number of aryl methyl sites for hydroxylation is 1. The molecule has 0 N–H and O–H groups in total. The first-order chi connectivity index (χ1) is 20.1. The molecule has 1 unspecified atom stereocenters. The van der Waals surface area contributed by atoms with E-state index in [-0.39, 0.29) is 36.6 Å². The van der Waals surface area contributed by atoms with Gasteiger partial charge in [-0.25, -0.2) is 26.9 Å². The van der Waals surface area contributed by atoms with Crippen molar-refractivity contribution >= 4 is 22.8 Å². The maximum Gasteiger partial charge on any atom is 0.258 e. The van der Waals surface area contributed by atoms with Gasteiger partial charge in [-0.05, 0) is 57.7 Å². The van der Waals surface area contributed by atoms with Crippen LogP contribution < -0.4 is 4.90 Å². The molecular formula is C29H34F4N8O. The SMILES string of the molecule is Cc1nc2c(N3C[C@@H](C)N(C(c4cc(F)ccc4F)C4CC(F)(F)C4)C[C@@H]3C)nc3nncn3c2n1C[C@@H]1CCCO1. The maximum atomic E-state index is 15.1. The smallest absolute Gasteiger partial charge is 0.258 e. The second kappa shape index (κ2) is 10.1. The highest BCUT2D eigenvalue weighted by Gasteiger charge is 2.52. The summed E-state index contributed by atoms with van der Waals surface area (Å²) in [6, 6.07) is 2.33. The number of rotatable bonds is 6. The van der Waals surface area contributed by atoms with Crippen LogP contribution in [-0.4, -0.2) is 77.8 Å². The molecule has 3 fully saturated rings. The van der Waals surface area contributed by atoms with E-state index in [1.165, 1.54) is 0 Å². The van der Waals surface area contributed by atoms with Crippen molar-refractivity contribution in [3.63, 3.8) is 0 Å². The normalized spacial score (nSPS) is 25.9. The van der Waals surface area contributed by atoms with Crippen molar-refractivity contribution < 1.29 is 22.3 Å². The maximum absolute atomic E-state index is 15.1. The van der Waals surface area contributed by atoms with Crippen molar-refractivity contribution in [1.29, 1.82) is 0 Å². The van der Waals surface area contributed by atoms with E-state index in [4.69, 9.17) is 14.7 Å². The third-order valence-corrected chi connectivity index (χ3v) is 9.23. The molecule has 2 aliphatic heterocycles. The Kier molecular flexibility index (Phi) is 6.65. The van der Waals surface area contributed by atoms with Crippen LogP contribution in [0.5, 0.6) is 0 Å². The number of fused-ring (bicyclic) bond motifs is 3. The summed E-state index contributed by atoms with van der Waals surface area (Å²) >= 11 is 0. The van der Waals surface area contributed by atoms with E-state index in [1.54, 1.807) is 6.33 Å². The summed E-state index contributed by atoms with van der Waals surface area (Å²) in [5.41, 5.74) is 1.69. The number of imidazole rings is 1. The number of anilines is 1. The second-order valence-electron chi connectivity index (χ2n) is 12.2. The Balaban J connectivity index is 1.25. The molecular weight excluding hydrogens is 552 g/mol. The van der Waals surface area contributed by atoms with E-state index >= 15 is 4.39 Å². The predicted molar refractivity (Wildman–Crippen MR) is 148 cm³/mol. The molecule has 0 spiro atoms. The molecule has 1 aromatic carbocycles. The van der Waals surface area contributed by atoms with Gasteiger partial charge in [0.1, 0.15) is 29.3 Å². The lowest BCUT2D eigenvalue weighted by Crippen LogP contribution is -2.59. The molecule has 0 amide bonds. The minimum atomic E-state index is -2.78. The Bertz CT molecular complexity index is 1620. The van der Waals surface area contributed by atoms with Gasteiger partial charge in [-0.15, -0.1) is 10.2 Å². The number of nitrogens with zero attached hydrogens (tertiary/aromatic N) is 8. The van der Waals surface area contributed by atoms with Gasteiger partial charge >= 0.3 is 0 Å². The minimum absolute atomic E-state index is 0.103. The fraction of sp³-hybridized carbons (Fsp3) is 0.586. The van der Waals surface area contributed by atoms with Gasteiger partial charge in [-0.2, -0.15) is 4.98 Å². The van der Waals surface area contributed by atoms with Gasteiger partial charge in [-0.3, -0.25) is 4.90 Å². The summed E-state index contributed by atoms with van der Waals surface area (Å²) in [4.78, 5) is 14.0. The molecule has 224 valence electrons. The number of halogens is 4. The van der Waals surface area contributed by atoms with Gasteiger partial charge < -0.3 is 14.2 Å². The van der Waals surface area contributed by atoms with Crippen LogP contribution in [0, 0.1) is 24.5 Å². The lowest BCUT2D eigenvalue weighted by Gasteiger charge is -2.52. The molecule has 2 saturated heterocycles. The minimum Gasteiger partial charge on any atom is -0.376 e. The molecule has 3 aromatic heterocycles. The Labute approximate surface area is 240 Å². The van der Waals surface area contributed by atoms with E-state index in [9.17, 15) is 13.2 Å². The first-order valence-corrected chi connectivity index (χ1v) is 14.6. The van der Waals surface area contributed by atoms with Crippen LogP contribution in [-0.2, 0) is 11.3 Å². The van der Waals surface area contributed by atoms with Gasteiger partial charge in [-0.1, -0.05) is 0 Å². The van der Waals surface area contributed by atoms with Crippen LogP contribution in [0.2, 0.25) is 0 Å². The first-order valence-electron chi connectivity index (χ1n) is 14.6. The third kappa shape index (κ3) is 4.61.